The number of carboxylic acid groups (broad SMARTS) is 1. The normalized spacial score (nSPS) is 20.5. The molecule has 3 N–H and O–H groups in total. The highest BCUT2D eigenvalue weighted by molar-refractivity contribution is 5.75. The number of amides is 2. The molecule has 2 rings (SSSR count). The minimum absolute atomic E-state index is 0.0371. The van der Waals surface area contributed by atoms with Crippen LogP contribution in [0, 0.1) is 0 Å². The van der Waals surface area contributed by atoms with Crippen LogP contribution < -0.4 is 5.32 Å². The zero-order valence-corrected chi connectivity index (χ0v) is 13.2. The Morgan fingerprint density at radius 3 is 2.65 bits per heavy atom. The van der Waals surface area contributed by atoms with Crippen LogP contribution in [0.4, 0.5) is 4.79 Å². The van der Waals surface area contributed by atoms with E-state index in [0.29, 0.717) is 25.9 Å². The number of aliphatic hydroxyl groups is 1. The predicted molar refractivity (Wildman–Crippen MR) is 86.2 cm³/mol. The van der Waals surface area contributed by atoms with Crippen LogP contribution in [0.2, 0.25) is 0 Å². The lowest BCUT2D eigenvalue weighted by Crippen LogP contribution is -2.55. The fourth-order valence-electron chi connectivity index (χ4n) is 3.17. The molecule has 1 aliphatic heterocycles. The summed E-state index contributed by atoms with van der Waals surface area (Å²) in [7, 11) is 0. The number of carboxylic acids is 1. The van der Waals surface area contributed by atoms with Crippen molar-refractivity contribution in [2.45, 2.75) is 37.6 Å². The zero-order valence-electron chi connectivity index (χ0n) is 13.2. The SMILES string of the molecule is O=C(O)CCCNC(=O)N1CCCC1(CO)Cc1ccccc1. The van der Waals surface area contributed by atoms with E-state index in [1.54, 1.807) is 4.90 Å². The van der Waals surface area contributed by atoms with Gasteiger partial charge in [-0.3, -0.25) is 4.79 Å². The van der Waals surface area contributed by atoms with E-state index >= 15 is 0 Å². The quantitative estimate of drug-likeness (QED) is 0.666. The lowest BCUT2D eigenvalue weighted by atomic mass is 9.89. The van der Waals surface area contributed by atoms with Gasteiger partial charge in [-0.25, -0.2) is 4.79 Å². The summed E-state index contributed by atoms with van der Waals surface area (Å²) in [5, 5.41) is 21.3. The molecular weight excluding hydrogens is 296 g/mol. The van der Waals surface area contributed by atoms with E-state index in [2.05, 4.69) is 5.32 Å². The van der Waals surface area contributed by atoms with Crippen LogP contribution in [-0.2, 0) is 11.2 Å². The first-order chi connectivity index (χ1) is 11.1. The van der Waals surface area contributed by atoms with Gasteiger partial charge in [0.05, 0.1) is 12.1 Å². The number of aliphatic hydroxyl groups excluding tert-OH is 1. The Morgan fingerprint density at radius 2 is 2.00 bits per heavy atom. The van der Waals surface area contributed by atoms with Crippen molar-refractivity contribution >= 4 is 12.0 Å². The Kier molecular flexibility index (Phi) is 5.98. The van der Waals surface area contributed by atoms with E-state index < -0.39 is 11.5 Å². The van der Waals surface area contributed by atoms with Crippen molar-refractivity contribution in [1.82, 2.24) is 10.2 Å². The van der Waals surface area contributed by atoms with Crippen LogP contribution in [0.1, 0.15) is 31.2 Å². The number of hydrogen-bond acceptors (Lipinski definition) is 3. The van der Waals surface area contributed by atoms with E-state index in [4.69, 9.17) is 5.11 Å². The molecule has 1 saturated heterocycles. The summed E-state index contributed by atoms with van der Waals surface area (Å²) in [5.41, 5.74) is 0.519. The molecule has 0 aliphatic carbocycles. The third kappa shape index (κ3) is 4.45. The van der Waals surface area contributed by atoms with Crippen molar-refractivity contribution in [1.29, 1.82) is 0 Å². The molecule has 1 aliphatic rings. The molecule has 126 valence electrons. The summed E-state index contributed by atoms with van der Waals surface area (Å²) >= 11 is 0. The minimum Gasteiger partial charge on any atom is -0.481 e. The molecule has 0 radical (unpaired) electrons. The van der Waals surface area contributed by atoms with Gasteiger partial charge in [0.25, 0.3) is 0 Å². The van der Waals surface area contributed by atoms with Gasteiger partial charge in [-0.15, -0.1) is 0 Å². The number of carbonyl (C=O) groups excluding carboxylic acids is 1. The summed E-state index contributed by atoms with van der Waals surface area (Å²) in [6.07, 6.45) is 2.68. The summed E-state index contributed by atoms with van der Waals surface area (Å²) in [4.78, 5) is 24.6. The summed E-state index contributed by atoms with van der Waals surface area (Å²) < 4.78 is 0. The van der Waals surface area contributed by atoms with Gasteiger partial charge in [-0.2, -0.15) is 0 Å². The van der Waals surface area contributed by atoms with Crippen molar-refractivity contribution < 1.29 is 19.8 Å². The molecule has 0 bridgehead atoms. The maximum Gasteiger partial charge on any atom is 0.317 e. The Balaban J connectivity index is 1.98. The maximum absolute atomic E-state index is 12.4. The van der Waals surface area contributed by atoms with Gasteiger partial charge < -0.3 is 20.4 Å². The van der Waals surface area contributed by atoms with Crippen molar-refractivity contribution in [2.75, 3.05) is 19.7 Å². The first kappa shape index (κ1) is 17.3. The summed E-state index contributed by atoms with van der Waals surface area (Å²) in [5.74, 6) is -0.866. The molecule has 1 aromatic rings. The molecule has 1 atom stereocenters. The van der Waals surface area contributed by atoms with E-state index in [0.717, 1.165) is 18.4 Å². The Bertz CT molecular complexity index is 535. The van der Waals surface area contributed by atoms with Gasteiger partial charge in [0.1, 0.15) is 0 Å². The fraction of sp³-hybridized carbons (Fsp3) is 0.529. The van der Waals surface area contributed by atoms with Crippen molar-refractivity contribution in [2.24, 2.45) is 0 Å². The summed E-state index contributed by atoms with van der Waals surface area (Å²) in [6.45, 7) is 0.858. The number of nitrogens with one attached hydrogen (secondary N) is 1. The molecule has 6 nitrogen and oxygen atoms in total. The van der Waals surface area contributed by atoms with E-state index in [-0.39, 0.29) is 19.1 Å². The zero-order chi connectivity index (χ0) is 16.7. The Hall–Kier alpha value is -2.08. The second kappa shape index (κ2) is 7.97. The number of hydrogen-bond donors (Lipinski definition) is 3. The van der Waals surface area contributed by atoms with Crippen LogP contribution in [0.25, 0.3) is 0 Å². The molecule has 1 unspecified atom stereocenters. The number of aliphatic carboxylic acids is 1. The summed E-state index contributed by atoms with van der Waals surface area (Å²) in [6, 6.07) is 9.61. The highest BCUT2D eigenvalue weighted by Crippen LogP contribution is 2.32. The van der Waals surface area contributed by atoms with Crippen LogP contribution in [0.15, 0.2) is 30.3 Å². The van der Waals surface area contributed by atoms with Crippen molar-refractivity contribution in [3.05, 3.63) is 35.9 Å². The van der Waals surface area contributed by atoms with Crippen LogP contribution in [0.3, 0.4) is 0 Å². The molecule has 0 saturated carbocycles. The number of carbonyl (C=O) groups is 2. The van der Waals surface area contributed by atoms with E-state index in [1.165, 1.54) is 0 Å². The van der Waals surface area contributed by atoms with Gasteiger partial charge in [-0.1, -0.05) is 30.3 Å². The van der Waals surface area contributed by atoms with Gasteiger partial charge in [0, 0.05) is 19.5 Å². The highest BCUT2D eigenvalue weighted by atomic mass is 16.4. The second-order valence-electron chi connectivity index (χ2n) is 6.03. The molecule has 1 aromatic carbocycles. The Morgan fingerprint density at radius 1 is 1.26 bits per heavy atom. The van der Waals surface area contributed by atoms with Crippen LogP contribution >= 0.6 is 0 Å². The monoisotopic (exact) mass is 320 g/mol. The van der Waals surface area contributed by atoms with Crippen LogP contribution in [0.5, 0.6) is 0 Å². The molecule has 0 spiro atoms. The third-order valence-corrected chi connectivity index (χ3v) is 4.36. The lowest BCUT2D eigenvalue weighted by Gasteiger charge is -2.37. The number of likely N-dealkylation sites (tertiary alicyclic amines) is 1. The topological polar surface area (TPSA) is 89.9 Å². The number of nitrogens with zero attached hydrogens (tertiary/aromatic N) is 1. The number of benzene rings is 1. The van der Waals surface area contributed by atoms with Crippen molar-refractivity contribution in [3.8, 4) is 0 Å². The molecule has 0 aromatic heterocycles. The van der Waals surface area contributed by atoms with Gasteiger partial charge >= 0.3 is 12.0 Å². The molecule has 2 amide bonds. The largest absolute Gasteiger partial charge is 0.481 e. The predicted octanol–water partition coefficient (Wildman–Crippen LogP) is 1.63. The average molecular weight is 320 g/mol. The molecule has 6 heteroatoms. The van der Waals surface area contributed by atoms with Crippen molar-refractivity contribution in [3.63, 3.8) is 0 Å². The van der Waals surface area contributed by atoms with Gasteiger partial charge in [-0.05, 0) is 31.2 Å². The average Bonchev–Trinajstić information content (AvgIpc) is 2.96. The standard InChI is InChI=1S/C17H24N2O4/c20-13-17(12-14-6-2-1-3-7-14)9-5-11-19(17)16(23)18-10-4-8-15(21)22/h1-3,6-7,20H,4-5,8-13H2,(H,18,23)(H,21,22). The van der Waals surface area contributed by atoms with Gasteiger partial charge in [0.15, 0.2) is 0 Å². The maximum atomic E-state index is 12.4. The minimum atomic E-state index is -0.866. The lowest BCUT2D eigenvalue weighted by molar-refractivity contribution is -0.137. The second-order valence-corrected chi connectivity index (χ2v) is 6.03. The van der Waals surface area contributed by atoms with E-state index in [1.807, 2.05) is 30.3 Å². The smallest absolute Gasteiger partial charge is 0.317 e. The first-order valence-corrected chi connectivity index (χ1v) is 7.99. The molecular formula is C17H24N2O4. The third-order valence-electron chi connectivity index (χ3n) is 4.36. The number of urea groups is 1. The Labute approximate surface area is 136 Å². The first-order valence-electron chi connectivity index (χ1n) is 7.99. The van der Waals surface area contributed by atoms with Gasteiger partial charge in [0.2, 0.25) is 0 Å². The van der Waals surface area contributed by atoms with Crippen LogP contribution in [-0.4, -0.2) is 52.3 Å². The fourth-order valence-corrected chi connectivity index (χ4v) is 3.17. The molecule has 23 heavy (non-hydrogen) atoms. The molecule has 1 heterocycles. The molecule has 1 fully saturated rings. The highest BCUT2D eigenvalue weighted by Gasteiger charge is 2.43. The van der Waals surface area contributed by atoms with E-state index in [9.17, 15) is 14.7 Å². The number of rotatable bonds is 7.